The molecule has 0 aliphatic carbocycles. The summed E-state index contributed by atoms with van der Waals surface area (Å²) in [6.45, 7) is 7.37. The summed E-state index contributed by atoms with van der Waals surface area (Å²) in [6, 6.07) is 6.24. The van der Waals surface area contributed by atoms with Crippen LogP contribution in [0, 0.1) is 0 Å². The van der Waals surface area contributed by atoms with Crippen LogP contribution in [0.2, 0.25) is 5.02 Å². The zero-order valence-corrected chi connectivity index (χ0v) is 11.4. The van der Waals surface area contributed by atoms with Gasteiger partial charge in [-0.3, -0.25) is 0 Å². The SMILES string of the molecule is CCN(c1ccc(C(N)=S)c(Cl)c1)C(C)C. The molecule has 4 heteroatoms. The Balaban J connectivity index is 3.09. The number of hydrogen-bond acceptors (Lipinski definition) is 2. The molecule has 0 fully saturated rings. The first-order valence-corrected chi connectivity index (χ1v) is 6.12. The summed E-state index contributed by atoms with van der Waals surface area (Å²) in [5.74, 6) is 0. The van der Waals surface area contributed by atoms with Crippen molar-refractivity contribution in [3.8, 4) is 0 Å². The van der Waals surface area contributed by atoms with Crippen molar-refractivity contribution in [1.82, 2.24) is 0 Å². The summed E-state index contributed by atoms with van der Waals surface area (Å²) < 4.78 is 0. The van der Waals surface area contributed by atoms with Crippen molar-refractivity contribution in [3.63, 3.8) is 0 Å². The maximum Gasteiger partial charge on any atom is 0.105 e. The summed E-state index contributed by atoms with van der Waals surface area (Å²) in [5, 5.41) is 0.615. The first-order valence-electron chi connectivity index (χ1n) is 5.33. The topological polar surface area (TPSA) is 29.3 Å². The largest absolute Gasteiger partial charge is 0.389 e. The maximum absolute atomic E-state index is 6.14. The van der Waals surface area contributed by atoms with Crippen molar-refractivity contribution in [1.29, 1.82) is 0 Å². The second-order valence-electron chi connectivity index (χ2n) is 3.91. The van der Waals surface area contributed by atoms with Crippen LogP contribution in [-0.2, 0) is 0 Å². The van der Waals surface area contributed by atoms with Crippen molar-refractivity contribution >= 4 is 34.5 Å². The molecule has 0 bridgehead atoms. The smallest absolute Gasteiger partial charge is 0.105 e. The Labute approximate surface area is 107 Å². The van der Waals surface area contributed by atoms with Gasteiger partial charge in [-0.15, -0.1) is 0 Å². The third-order valence-corrected chi connectivity index (χ3v) is 3.05. The quantitative estimate of drug-likeness (QED) is 0.839. The van der Waals surface area contributed by atoms with Gasteiger partial charge in [0, 0.05) is 23.8 Å². The van der Waals surface area contributed by atoms with Crippen molar-refractivity contribution in [2.24, 2.45) is 5.73 Å². The molecule has 0 saturated heterocycles. The van der Waals surface area contributed by atoms with Gasteiger partial charge in [0.05, 0.1) is 5.02 Å². The molecule has 0 aliphatic rings. The molecule has 88 valence electrons. The first-order chi connectivity index (χ1) is 7.47. The Morgan fingerprint density at radius 1 is 1.50 bits per heavy atom. The molecule has 0 atom stereocenters. The molecule has 1 rings (SSSR count). The fraction of sp³-hybridized carbons (Fsp3) is 0.417. The lowest BCUT2D eigenvalue weighted by atomic mass is 10.1. The van der Waals surface area contributed by atoms with Gasteiger partial charge in [0.1, 0.15) is 4.99 Å². The van der Waals surface area contributed by atoms with Crippen LogP contribution >= 0.6 is 23.8 Å². The molecule has 0 radical (unpaired) electrons. The monoisotopic (exact) mass is 256 g/mol. The molecule has 0 spiro atoms. The van der Waals surface area contributed by atoms with E-state index >= 15 is 0 Å². The molecule has 2 nitrogen and oxygen atoms in total. The van der Waals surface area contributed by atoms with E-state index in [1.807, 2.05) is 18.2 Å². The summed E-state index contributed by atoms with van der Waals surface area (Å²) in [5.41, 5.74) is 7.40. The van der Waals surface area contributed by atoms with Gasteiger partial charge in [-0.1, -0.05) is 23.8 Å². The van der Waals surface area contributed by atoms with E-state index in [1.54, 1.807) is 0 Å². The van der Waals surface area contributed by atoms with Gasteiger partial charge in [0.2, 0.25) is 0 Å². The lowest BCUT2D eigenvalue weighted by molar-refractivity contribution is 0.704. The van der Waals surface area contributed by atoms with Crippen LogP contribution in [0.15, 0.2) is 18.2 Å². The van der Waals surface area contributed by atoms with Gasteiger partial charge in [0.25, 0.3) is 0 Å². The van der Waals surface area contributed by atoms with Gasteiger partial charge in [0.15, 0.2) is 0 Å². The Kier molecular flexibility index (Phi) is 4.56. The van der Waals surface area contributed by atoms with E-state index in [9.17, 15) is 0 Å². The lowest BCUT2D eigenvalue weighted by Crippen LogP contribution is -2.30. The zero-order chi connectivity index (χ0) is 12.3. The number of anilines is 1. The summed E-state index contributed by atoms with van der Waals surface area (Å²) in [7, 11) is 0. The molecule has 0 unspecified atom stereocenters. The fourth-order valence-electron chi connectivity index (χ4n) is 1.73. The Morgan fingerprint density at radius 2 is 2.12 bits per heavy atom. The lowest BCUT2D eigenvalue weighted by Gasteiger charge is -2.27. The molecule has 2 N–H and O–H groups in total. The van der Waals surface area contributed by atoms with Crippen LogP contribution < -0.4 is 10.6 Å². The van der Waals surface area contributed by atoms with Crippen LogP contribution in [-0.4, -0.2) is 17.6 Å². The molecule has 0 saturated carbocycles. The minimum Gasteiger partial charge on any atom is -0.389 e. The zero-order valence-electron chi connectivity index (χ0n) is 9.83. The fourth-order valence-corrected chi connectivity index (χ4v) is 2.24. The van der Waals surface area contributed by atoms with Crippen LogP contribution in [0.25, 0.3) is 0 Å². The predicted molar refractivity (Wildman–Crippen MR) is 75.5 cm³/mol. The van der Waals surface area contributed by atoms with E-state index in [2.05, 4.69) is 25.7 Å². The highest BCUT2D eigenvalue weighted by molar-refractivity contribution is 7.80. The number of thiocarbonyl (C=S) groups is 1. The van der Waals surface area contributed by atoms with E-state index in [1.165, 1.54) is 0 Å². The highest BCUT2D eigenvalue weighted by Crippen LogP contribution is 2.24. The molecule has 0 aromatic heterocycles. The normalized spacial score (nSPS) is 10.6. The maximum atomic E-state index is 6.14. The Bertz CT molecular complexity index is 391. The number of nitrogens with two attached hydrogens (primary N) is 1. The Hall–Kier alpha value is -0.800. The second kappa shape index (κ2) is 5.51. The highest BCUT2D eigenvalue weighted by atomic mass is 35.5. The molecule has 0 amide bonds. The number of rotatable bonds is 4. The Morgan fingerprint density at radius 3 is 2.50 bits per heavy atom. The van der Waals surface area contributed by atoms with Gasteiger partial charge in [-0.2, -0.15) is 0 Å². The third-order valence-electron chi connectivity index (χ3n) is 2.51. The minimum absolute atomic E-state index is 0.337. The van der Waals surface area contributed by atoms with Crippen LogP contribution in [0.3, 0.4) is 0 Å². The van der Waals surface area contributed by atoms with Crippen LogP contribution in [0.4, 0.5) is 5.69 Å². The predicted octanol–water partition coefficient (Wildman–Crippen LogP) is 3.21. The molecular formula is C12H17ClN2S. The van der Waals surface area contributed by atoms with Crippen LogP contribution in [0.5, 0.6) is 0 Å². The molecule has 0 aliphatic heterocycles. The van der Waals surface area contributed by atoms with Crippen molar-refractivity contribution in [3.05, 3.63) is 28.8 Å². The molecule has 16 heavy (non-hydrogen) atoms. The summed E-state index contributed by atoms with van der Waals surface area (Å²) >= 11 is 11.1. The van der Waals surface area contributed by atoms with Gasteiger partial charge >= 0.3 is 0 Å². The molecule has 0 heterocycles. The van der Waals surface area contributed by atoms with Crippen molar-refractivity contribution in [2.75, 3.05) is 11.4 Å². The minimum atomic E-state index is 0.337. The summed E-state index contributed by atoms with van der Waals surface area (Å²) in [4.78, 5) is 2.60. The van der Waals surface area contributed by atoms with E-state index in [-0.39, 0.29) is 0 Å². The second-order valence-corrected chi connectivity index (χ2v) is 4.76. The van der Waals surface area contributed by atoms with Gasteiger partial charge in [-0.05, 0) is 39.0 Å². The standard InChI is InChI=1S/C12H17ClN2S/c1-4-15(8(2)3)9-5-6-10(12(14)16)11(13)7-9/h5-8H,4H2,1-3H3,(H2,14,16). The number of benzene rings is 1. The average Bonchev–Trinajstić information content (AvgIpc) is 2.17. The van der Waals surface area contributed by atoms with Gasteiger partial charge in [-0.25, -0.2) is 0 Å². The van der Waals surface area contributed by atoms with E-state index < -0.39 is 0 Å². The molecular weight excluding hydrogens is 240 g/mol. The molecule has 1 aromatic carbocycles. The van der Waals surface area contributed by atoms with Crippen LogP contribution in [0.1, 0.15) is 26.3 Å². The summed E-state index contributed by atoms with van der Waals surface area (Å²) in [6.07, 6.45) is 0. The van der Waals surface area contributed by atoms with E-state index in [4.69, 9.17) is 29.6 Å². The third kappa shape index (κ3) is 2.86. The number of halogens is 1. The highest BCUT2D eigenvalue weighted by Gasteiger charge is 2.11. The van der Waals surface area contributed by atoms with E-state index in [0.29, 0.717) is 16.1 Å². The van der Waals surface area contributed by atoms with E-state index in [0.717, 1.165) is 17.8 Å². The average molecular weight is 257 g/mol. The van der Waals surface area contributed by atoms with Crippen molar-refractivity contribution in [2.45, 2.75) is 26.8 Å². The number of hydrogen-bond donors (Lipinski definition) is 1. The first kappa shape index (κ1) is 13.3. The molecule has 1 aromatic rings. The van der Waals surface area contributed by atoms with Gasteiger partial charge < -0.3 is 10.6 Å². The van der Waals surface area contributed by atoms with Crippen molar-refractivity contribution < 1.29 is 0 Å². The number of nitrogens with zero attached hydrogens (tertiary/aromatic N) is 1.